The molecule has 0 radical (unpaired) electrons. The smallest absolute Gasteiger partial charge is 0.235 e. The Morgan fingerprint density at radius 2 is 1.72 bits per heavy atom. The van der Waals surface area contributed by atoms with Gasteiger partial charge in [0.25, 0.3) is 0 Å². The van der Waals surface area contributed by atoms with Crippen LogP contribution in [-0.2, 0) is 0 Å². The molecule has 3 aromatic carbocycles. The quantitative estimate of drug-likeness (QED) is 0.440. The lowest BCUT2D eigenvalue weighted by atomic mass is 9.97. The molecule has 5 aromatic rings. The normalized spacial score (nSPS) is 12.5. The molecule has 0 saturated heterocycles. The third kappa shape index (κ3) is 3.09. The summed E-state index contributed by atoms with van der Waals surface area (Å²) >= 11 is 1.52. The zero-order valence-electron chi connectivity index (χ0n) is 16.0. The average Bonchev–Trinajstić information content (AvgIpc) is 3.34. The van der Waals surface area contributed by atoms with E-state index in [1.165, 1.54) is 16.9 Å². The number of nitrogen functional groups attached to an aromatic ring is 1. The molecule has 0 aliphatic heterocycles. The topological polar surface area (TPSA) is 78.3 Å². The van der Waals surface area contributed by atoms with Gasteiger partial charge in [-0.2, -0.15) is 9.61 Å². The number of methoxy groups -OCH3 is 1. The number of hydrogen-bond donors (Lipinski definition) is 1. The summed E-state index contributed by atoms with van der Waals surface area (Å²) < 4.78 is 7.16. The number of ether oxygens (including phenoxy) is 1. The Labute approximate surface area is 171 Å². The van der Waals surface area contributed by atoms with E-state index in [1.54, 1.807) is 7.11 Å². The number of anilines is 1. The number of rotatable bonds is 4. The van der Waals surface area contributed by atoms with Gasteiger partial charge in [0.1, 0.15) is 10.8 Å². The standard InChI is InChI=1S/C22H19N5OS/c1-13(15-3-4-17-12-19(28-2)10-7-16(17)11-15)20-24-25-22-27(20)26-21(29-22)14-5-8-18(23)9-6-14/h3-13H,23H2,1-2H3. The van der Waals surface area contributed by atoms with E-state index in [0.29, 0.717) is 0 Å². The molecular weight excluding hydrogens is 382 g/mol. The van der Waals surface area contributed by atoms with E-state index in [9.17, 15) is 0 Å². The molecule has 5 rings (SSSR count). The monoisotopic (exact) mass is 401 g/mol. The van der Waals surface area contributed by atoms with Gasteiger partial charge in [0.2, 0.25) is 4.96 Å². The van der Waals surface area contributed by atoms with Crippen LogP contribution in [0, 0.1) is 0 Å². The summed E-state index contributed by atoms with van der Waals surface area (Å²) in [5, 5.41) is 16.7. The van der Waals surface area contributed by atoms with Crippen LogP contribution in [0.15, 0.2) is 60.7 Å². The summed E-state index contributed by atoms with van der Waals surface area (Å²) in [4.78, 5) is 0.782. The maximum Gasteiger partial charge on any atom is 0.235 e. The molecule has 144 valence electrons. The molecule has 1 atom stereocenters. The van der Waals surface area contributed by atoms with Gasteiger partial charge >= 0.3 is 0 Å². The van der Waals surface area contributed by atoms with Gasteiger partial charge in [0.05, 0.1) is 7.11 Å². The van der Waals surface area contributed by atoms with Crippen LogP contribution in [0.25, 0.3) is 26.3 Å². The first-order chi connectivity index (χ1) is 14.1. The lowest BCUT2D eigenvalue weighted by molar-refractivity contribution is 0.415. The van der Waals surface area contributed by atoms with Gasteiger partial charge in [-0.05, 0) is 52.7 Å². The highest BCUT2D eigenvalue weighted by atomic mass is 32.1. The first-order valence-corrected chi connectivity index (χ1v) is 10.1. The number of fused-ring (bicyclic) bond motifs is 2. The molecule has 0 spiro atoms. The van der Waals surface area contributed by atoms with Crippen molar-refractivity contribution >= 4 is 32.8 Å². The number of aromatic nitrogens is 4. The van der Waals surface area contributed by atoms with Gasteiger partial charge < -0.3 is 10.5 Å². The number of nitrogens with zero attached hydrogens (tertiary/aromatic N) is 4. The zero-order chi connectivity index (χ0) is 20.0. The van der Waals surface area contributed by atoms with Crippen LogP contribution >= 0.6 is 11.3 Å². The zero-order valence-corrected chi connectivity index (χ0v) is 16.9. The minimum Gasteiger partial charge on any atom is -0.497 e. The van der Waals surface area contributed by atoms with Crippen LogP contribution in [0.2, 0.25) is 0 Å². The largest absolute Gasteiger partial charge is 0.497 e. The van der Waals surface area contributed by atoms with Gasteiger partial charge in [-0.1, -0.05) is 42.5 Å². The molecule has 0 saturated carbocycles. The molecule has 2 heterocycles. The maximum absolute atomic E-state index is 5.79. The molecular formula is C22H19N5OS. The van der Waals surface area contributed by atoms with Crippen molar-refractivity contribution in [2.45, 2.75) is 12.8 Å². The van der Waals surface area contributed by atoms with E-state index < -0.39 is 0 Å². The van der Waals surface area contributed by atoms with Gasteiger partial charge in [-0.3, -0.25) is 0 Å². The molecule has 0 aliphatic carbocycles. The van der Waals surface area contributed by atoms with Crippen LogP contribution in [-0.4, -0.2) is 26.9 Å². The summed E-state index contributed by atoms with van der Waals surface area (Å²) in [6.07, 6.45) is 0. The Morgan fingerprint density at radius 3 is 2.52 bits per heavy atom. The third-order valence-corrected chi connectivity index (χ3v) is 6.08. The molecule has 0 fully saturated rings. The highest BCUT2D eigenvalue weighted by Gasteiger charge is 2.19. The molecule has 2 aromatic heterocycles. The van der Waals surface area contributed by atoms with Crippen molar-refractivity contribution in [1.82, 2.24) is 19.8 Å². The van der Waals surface area contributed by atoms with Crippen LogP contribution in [0.4, 0.5) is 5.69 Å². The summed E-state index contributed by atoms with van der Waals surface area (Å²) in [7, 11) is 1.68. The minimum absolute atomic E-state index is 0.0536. The lowest BCUT2D eigenvalue weighted by Crippen LogP contribution is -2.03. The van der Waals surface area contributed by atoms with Crippen LogP contribution in [0.5, 0.6) is 5.75 Å². The van der Waals surface area contributed by atoms with Gasteiger partial charge in [0.15, 0.2) is 5.82 Å². The first kappa shape index (κ1) is 17.6. The van der Waals surface area contributed by atoms with E-state index in [2.05, 4.69) is 41.4 Å². The van der Waals surface area contributed by atoms with Crippen molar-refractivity contribution in [3.63, 3.8) is 0 Å². The molecule has 7 heteroatoms. The van der Waals surface area contributed by atoms with E-state index in [4.69, 9.17) is 15.6 Å². The van der Waals surface area contributed by atoms with Gasteiger partial charge in [-0.25, -0.2) is 0 Å². The minimum atomic E-state index is 0.0536. The highest BCUT2D eigenvalue weighted by Crippen LogP contribution is 2.31. The Morgan fingerprint density at radius 1 is 0.966 bits per heavy atom. The molecule has 1 unspecified atom stereocenters. The van der Waals surface area contributed by atoms with E-state index in [0.717, 1.165) is 43.6 Å². The second kappa shape index (κ2) is 6.86. The van der Waals surface area contributed by atoms with Crippen LogP contribution in [0.1, 0.15) is 24.2 Å². The Kier molecular flexibility index (Phi) is 4.17. The second-order valence-electron chi connectivity index (χ2n) is 6.98. The highest BCUT2D eigenvalue weighted by molar-refractivity contribution is 7.19. The molecule has 0 aliphatic rings. The van der Waals surface area contributed by atoms with Gasteiger partial charge in [0, 0.05) is 17.2 Å². The van der Waals surface area contributed by atoms with E-state index in [-0.39, 0.29) is 5.92 Å². The fourth-order valence-corrected chi connectivity index (χ4v) is 4.28. The van der Waals surface area contributed by atoms with Crippen molar-refractivity contribution in [3.8, 4) is 16.3 Å². The summed E-state index contributed by atoms with van der Waals surface area (Å²) in [5.41, 5.74) is 8.72. The summed E-state index contributed by atoms with van der Waals surface area (Å²) in [5.74, 6) is 1.74. The predicted molar refractivity (Wildman–Crippen MR) is 117 cm³/mol. The molecule has 2 N–H and O–H groups in total. The van der Waals surface area contributed by atoms with E-state index in [1.807, 2.05) is 40.9 Å². The number of benzene rings is 3. The summed E-state index contributed by atoms with van der Waals surface area (Å²) in [6.45, 7) is 2.13. The lowest BCUT2D eigenvalue weighted by Gasteiger charge is -2.11. The third-order valence-electron chi connectivity index (χ3n) is 5.13. The van der Waals surface area contributed by atoms with Crippen LogP contribution < -0.4 is 10.5 Å². The number of nitrogens with two attached hydrogens (primary N) is 1. The molecule has 0 bridgehead atoms. The summed E-state index contributed by atoms with van der Waals surface area (Å²) in [6, 6.07) is 20.2. The Balaban J connectivity index is 1.53. The Bertz CT molecular complexity index is 1320. The fraction of sp³-hybridized carbons (Fsp3) is 0.136. The second-order valence-corrected chi connectivity index (χ2v) is 7.93. The predicted octanol–water partition coefficient (Wildman–Crippen LogP) is 4.75. The van der Waals surface area contributed by atoms with Crippen molar-refractivity contribution < 1.29 is 4.74 Å². The molecule has 29 heavy (non-hydrogen) atoms. The van der Waals surface area contributed by atoms with Crippen molar-refractivity contribution in [2.24, 2.45) is 0 Å². The van der Waals surface area contributed by atoms with Crippen molar-refractivity contribution in [2.75, 3.05) is 12.8 Å². The SMILES string of the molecule is COc1ccc2cc(C(C)c3nnc4sc(-c5ccc(N)cc5)nn34)ccc2c1. The average molecular weight is 401 g/mol. The van der Waals surface area contributed by atoms with E-state index >= 15 is 0 Å². The number of hydrogen-bond acceptors (Lipinski definition) is 6. The fourth-order valence-electron chi connectivity index (χ4n) is 3.43. The maximum atomic E-state index is 5.79. The van der Waals surface area contributed by atoms with Crippen molar-refractivity contribution in [1.29, 1.82) is 0 Å². The molecule has 0 amide bonds. The van der Waals surface area contributed by atoms with Crippen LogP contribution in [0.3, 0.4) is 0 Å². The van der Waals surface area contributed by atoms with Gasteiger partial charge in [-0.15, -0.1) is 10.2 Å². The molecule has 6 nitrogen and oxygen atoms in total. The Hall–Kier alpha value is -3.45. The van der Waals surface area contributed by atoms with Crippen molar-refractivity contribution in [3.05, 3.63) is 72.1 Å². The first-order valence-electron chi connectivity index (χ1n) is 9.28.